The first-order valence-corrected chi connectivity index (χ1v) is 7.11. The number of halogens is 1. The number of alkyl halides is 1. The van der Waals surface area contributed by atoms with E-state index < -0.39 is 0 Å². The monoisotopic (exact) mass is 306 g/mol. The zero-order chi connectivity index (χ0) is 14.8. The van der Waals surface area contributed by atoms with Crippen LogP contribution in [0.3, 0.4) is 0 Å². The fraction of sp³-hybridized carbons (Fsp3) is 0.357. The van der Waals surface area contributed by atoms with Crippen molar-refractivity contribution in [1.82, 2.24) is 19.5 Å². The maximum Gasteiger partial charge on any atom is 0.245 e. The van der Waals surface area contributed by atoms with Crippen molar-refractivity contribution < 1.29 is 9.15 Å². The second kappa shape index (κ2) is 5.73. The maximum atomic E-state index is 5.87. The Bertz CT molecular complexity index is 766. The highest BCUT2D eigenvalue weighted by molar-refractivity contribution is 6.17. The molecule has 0 unspecified atom stereocenters. The van der Waals surface area contributed by atoms with Crippen molar-refractivity contribution >= 4 is 22.8 Å². The van der Waals surface area contributed by atoms with Crippen molar-refractivity contribution in [3.05, 3.63) is 35.8 Å². The molecule has 0 aromatic carbocycles. The number of imidazole rings is 1. The number of rotatable bonds is 5. The summed E-state index contributed by atoms with van der Waals surface area (Å²) in [5, 5.41) is 0. The van der Waals surface area contributed by atoms with E-state index >= 15 is 0 Å². The van der Waals surface area contributed by atoms with Crippen LogP contribution in [0.5, 0.6) is 5.88 Å². The largest absolute Gasteiger partial charge is 0.479 e. The van der Waals surface area contributed by atoms with Gasteiger partial charge < -0.3 is 13.7 Å². The summed E-state index contributed by atoms with van der Waals surface area (Å²) in [6.07, 6.45) is 2.11. The van der Waals surface area contributed by atoms with Gasteiger partial charge in [-0.15, -0.1) is 11.6 Å². The van der Waals surface area contributed by atoms with Crippen LogP contribution in [0.25, 0.3) is 11.2 Å². The van der Waals surface area contributed by atoms with Crippen molar-refractivity contribution in [3.63, 3.8) is 0 Å². The summed E-state index contributed by atoms with van der Waals surface area (Å²) in [5.41, 5.74) is 1.36. The average molecular weight is 307 g/mol. The quantitative estimate of drug-likeness (QED) is 0.678. The summed E-state index contributed by atoms with van der Waals surface area (Å²) < 4.78 is 12.9. The number of hydrogen-bond donors (Lipinski definition) is 0. The number of aryl methyl sites for hydroxylation is 2. The van der Waals surface area contributed by atoms with Gasteiger partial charge in [0.15, 0.2) is 11.2 Å². The summed E-state index contributed by atoms with van der Waals surface area (Å²) in [7, 11) is 1.57. The lowest BCUT2D eigenvalue weighted by Crippen LogP contribution is -2.06. The molecule has 0 radical (unpaired) electrons. The Kier molecular flexibility index (Phi) is 3.79. The van der Waals surface area contributed by atoms with Gasteiger partial charge >= 0.3 is 0 Å². The lowest BCUT2D eigenvalue weighted by molar-refractivity contribution is 0.401. The molecule has 0 saturated heterocycles. The molecule has 0 aliphatic rings. The van der Waals surface area contributed by atoms with Crippen molar-refractivity contribution in [2.45, 2.75) is 19.9 Å². The molecule has 6 nitrogen and oxygen atoms in total. The van der Waals surface area contributed by atoms with E-state index in [4.69, 9.17) is 20.8 Å². The van der Waals surface area contributed by atoms with Crippen LogP contribution in [-0.4, -0.2) is 32.5 Å². The zero-order valence-corrected chi connectivity index (χ0v) is 12.6. The van der Waals surface area contributed by atoms with Crippen LogP contribution >= 0.6 is 11.6 Å². The number of aromatic nitrogens is 4. The van der Waals surface area contributed by atoms with E-state index in [9.17, 15) is 0 Å². The van der Waals surface area contributed by atoms with E-state index in [0.29, 0.717) is 30.2 Å². The van der Waals surface area contributed by atoms with Crippen LogP contribution in [0.1, 0.15) is 17.3 Å². The molecular weight excluding hydrogens is 292 g/mol. The van der Waals surface area contributed by atoms with E-state index in [-0.39, 0.29) is 0 Å². The highest BCUT2D eigenvalue weighted by atomic mass is 35.5. The highest BCUT2D eigenvalue weighted by Gasteiger charge is 2.17. The van der Waals surface area contributed by atoms with Gasteiger partial charge in [-0.2, -0.15) is 4.98 Å². The first kappa shape index (κ1) is 13.9. The average Bonchev–Trinajstić information content (AvgIpc) is 3.04. The number of ether oxygens (including phenoxy) is 1. The Balaban J connectivity index is 2.11. The molecule has 0 N–H and O–H groups in total. The summed E-state index contributed by atoms with van der Waals surface area (Å²) in [6, 6.07) is 3.88. The minimum atomic E-state index is 0.463. The minimum absolute atomic E-state index is 0.463. The molecule has 0 aliphatic heterocycles. The number of methoxy groups -OCH3 is 1. The molecule has 7 heteroatoms. The smallest absolute Gasteiger partial charge is 0.245 e. The lowest BCUT2D eigenvalue weighted by Gasteiger charge is -2.05. The highest BCUT2D eigenvalue weighted by Crippen LogP contribution is 2.23. The Hall–Kier alpha value is -2.08. The van der Waals surface area contributed by atoms with E-state index in [1.165, 1.54) is 6.33 Å². The third kappa shape index (κ3) is 2.58. The molecule has 3 aromatic rings. The van der Waals surface area contributed by atoms with Gasteiger partial charge in [0.1, 0.15) is 23.7 Å². The van der Waals surface area contributed by atoms with Crippen LogP contribution in [0.4, 0.5) is 0 Å². The van der Waals surface area contributed by atoms with E-state index in [1.807, 2.05) is 23.6 Å². The van der Waals surface area contributed by atoms with Crippen molar-refractivity contribution in [3.8, 4) is 5.88 Å². The number of fused-ring (bicyclic) bond motifs is 1. The normalized spacial score (nSPS) is 11.2. The minimum Gasteiger partial charge on any atom is -0.479 e. The third-order valence-corrected chi connectivity index (χ3v) is 3.39. The predicted molar refractivity (Wildman–Crippen MR) is 78.8 cm³/mol. The molecule has 0 atom stereocenters. The molecule has 0 bridgehead atoms. The van der Waals surface area contributed by atoms with E-state index in [1.54, 1.807) is 7.11 Å². The van der Waals surface area contributed by atoms with Crippen LogP contribution in [0.15, 0.2) is 22.9 Å². The molecule has 3 aromatic heterocycles. The Morgan fingerprint density at radius 2 is 2.19 bits per heavy atom. The van der Waals surface area contributed by atoms with Gasteiger partial charge in [-0.05, 0) is 19.1 Å². The second-order valence-corrected chi connectivity index (χ2v) is 5.00. The van der Waals surface area contributed by atoms with Crippen molar-refractivity contribution in [1.29, 1.82) is 0 Å². The molecule has 0 saturated carbocycles. The van der Waals surface area contributed by atoms with Gasteiger partial charge in [0.25, 0.3) is 0 Å². The molecule has 3 heterocycles. The summed E-state index contributed by atoms with van der Waals surface area (Å²) in [5.74, 6) is 3.51. The Morgan fingerprint density at radius 3 is 2.86 bits per heavy atom. The van der Waals surface area contributed by atoms with Gasteiger partial charge in [-0.25, -0.2) is 9.97 Å². The molecule has 21 heavy (non-hydrogen) atoms. The molecule has 3 rings (SSSR count). The first-order chi connectivity index (χ1) is 10.2. The molecule has 0 spiro atoms. The Morgan fingerprint density at radius 1 is 1.33 bits per heavy atom. The molecule has 110 valence electrons. The fourth-order valence-electron chi connectivity index (χ4n) is 2.28. The van der Waals surface area contributed by atoms with Crippen molar-refractivity contribution in [2.75, 3.05) is 13.0 Å². The zero-order valence-electron chi connectivity index (χ0n) is 11.8. The second-order valence-electron chi connectivity index (χ2n) is 4.62. The third-order valence-electron chi connectivity index (χ3n) is 3.20. The topological polar surface area (TPSA) is 66.0 Å². The number of hydrogen-bond acceptors (Lipinski definition) is 5. The first-order valence-electron chi connectivity index (χ1n) is 6.58. The van der Waals surface area contributed by atoms with E-state index in [0.717, 1.165) is 23.0 Å². The van der Waals surface area contributed by atoms with Gasteiger partial charge in [0, 0.05) is 12.3 Å². The summed E-state index contributed by atoms with van der Waals surface area (Å²) in [4.78, 5) is 13.0. The van der Waals surface area contributed by atoms with Crippen LogP contribution in [-0.2, 0) is 13.0 Å². The van der Waals surface area contributed by atoms with E-state index in [2.05, 4.69) is 15.0 Å². The van der Waals surface area contributed by atoms with Crippen molar-refractivity contribution in [2.24, 2.45) is 0 Å². The van der Waals surface area contributed by atoms with Crippen LogP contribution < -0.4 is 4.74 Å². The Labute approximate surface area is 126 Å². The standard InChI is InChI=1S/C14H15ClN4O2/c1-9-3-4-10(21-9)7-19-11(5-6-15)18-12-13(19)16-8-17-14(12)20-2/h3-4,8H,5-7H2,1-2H3. The van der Waals surface area contributed by atoms with Gasteiger partial charge in [0.2, 0.25) is 5.88 Å². The van der Waals surface area contributed by atoms with Crippen LogP contribution in [0.2, 0.25) is 0 Å². The number of nitrogens with zero attached hydrogens (tertiary/aromatic N) is 4. The SMILES string of the molecule is COc1ncnc2c1nc(CCCl)n2Cc1ccc(C)o1. The summed E-state index contributed by atoms with van der Waals surface area (Å²) >= 11 is 5.87. The van der Waals surface area contributed by atoms with Gasteiger partial charge in [0.05, 0.1) is 13.7 Å². The predicted octanol–water partition coefficient (Wildman–Crippen LogP) is 2.57. The molecule has 0 fully saturated rings. The molecule has 0 aliphatic carbocycles. The van der Waals surface area contributed by atoms with Crippen LogP contribution in [0, 0.1) is 6.92 Å². The lowest BCUT2D eigenvalue weighted by atomic mass is 10.4. The maximum absolute atomic E-state index is 5.87. The number of furan rings is 1. The fourth-order valence-corrected chi connectivity index (χ4v) is 2.45. The summed E-state index contributed by atoms with van der Waals surface area (Å²) in [6.45, 7) is 2.47. The van der Waals surface area contributed by atoms with Gasteiger partial charge in [-0.1, -0.05) is 0 Å². The van der Waals surface area contributed by atoms with Gasteiger partial charge in [-0.3, -0.25) is 0 Å². The molecular formula is C14H15ClN4O2. The molecule has 0 amide bonds.